The number of esters is 2. The maximum atomic E-state index is 12.5. The monoisotopic (exact) mass is 445 g/mol. The Hall–Kier alpha value is -4.13. The molecule has 0 bridgehead atoms. The van der Waals surface area contributed by atoms with Crippen LogP contribution in [0.15, 0.2) is 72.8 Å². The summed E-state index contributed by atoms with van der Waals surface area (Å²) in [6, 6.07) is 21.1. The van der Waals surface area contributed by atoms with Crippen LogP contribution in [0, 0.1) is 0 Å². The summed E-state index contributed by atoms with van der Waals surface area (Å²) in [6.07, 6.45) is 0.0228. The molecule has 0 saturated heterocycles. The Morgan fingerprint density at radius 3 is 2.58 bits per heavy atom. The van der Waals surface area contributed by atoms with Gasteiger partial charge in [-0.2, -0.15) is 0 Å². The summed E-state index contributed by atoms with van der Waals surface area (Å²) in [6.45, 7) is 1.85. The fraction of sp³-hybridized carbons (Fsp3) is 0.192. The molecule has 1 heterocycles. The van der Waals surface area contributed by atoms with Gasteiger partial charge < -0.3 is 19.5 Å². The quantitative estimate of drug-likeness (QED) is 0.544. The van der Waals surface area contributed by atoms with Gasteiger partial charge in [0.1, 0.15) is 11.9 Å². The van der Waals surface area contributed by atoms with E-state index in [4.69, 9.17) is 14.2 Å². The lowest BCUT2D eigenvalue weighted by Gasteiger charge is -2.25. The van der Waals surface area contributed by atoms with Crippen molar-refractivity contribution in [2.24, 2.45) is 0 Å². The van der Waals surface area contributed by atoms with E-state index in [-0.39, 0.29) is 5.56 Å². The molecule has 0 fully saturated rings. The first-order valence-corrected chi connectivity index (χ1v) is 10.6. The second kappa shape index (κ2) is 9.99. The number of fused-ring (bicyclic) bond motifs is 1. The number of carbonyl (C=O) groups is 3. The van der Waals surface area contributed by atoms with Gasteiger partial charge in [-0.05, 0) is 48.4 Å². The van der Waals surface area contributed by atoms with Crippen LogP contribution in [0.25, 0.3) is 0 Å². The van der Waals surface area contributed by atoms with Crippen LogP contribution >= 0.6 is 0 Å². The highest BCUT2D eigenvalue weighted by Gasteiger charge is 2.28. The Labute approximate surface area is 191 Å². The zero-order valence-corrected chi connectivity index (χ0v) is 18.1. The first-order chi connectivity index (χ1) is 16.0. The van der Waals surface area contributed by atoms with E-state index in [1.165, 1.54) is 6.07 Å². The van der Waals surface area contributed by atoms with Crippen LogP contribution in [0.5, 0.6) is 5.75 Å². The average Bonchev–Trinajstić information content (AvgIpc) is 2.84. The fourth-order valence-electron chi connectivity index (χ4n) is 3.63. The number of carbonyl (C=O) groups excluding carboxylic acids is 3. The van der Waals surface area contributed by atoms with Crippen molar-refractivity contribution in [3.8, 4) is 5.75 Å². The van der Waals surface area contributed by atoms with E-state index in [0.717, 1.165) is 5.56 Å². The number of hydrogen-bond acceptors (Lipinski definition) is 6. The molecule has 0 aromatic heterocycles. The lowest BCUT2D eigenvalue weighted by atomic mass is 9.93. The summed E-state index contributed by atoms with van der Waals surface area (Å²) >= 11 is 0. The molecule has 0 spiro atoms. The van der Waals surface area contributed by atoms with Crippen molar-refractivity contribution in [2.75, 3.05) is 18.5 Å². The van der Waals surface area contributed by atoms with E-state index >= 15 is 0 Å². The largest absolute Gasteiger partial charge is 0.492 e. The Balaban J connectivity index is 1.40. The van der Waals surface area contributed by atoms with Crippen molar-refractivity contribution in [1.82, 2.24) is 0 Å². The molecule has 3 aromatic carbocycles. The minimum Gasteiger partial charge on any atom is -0.492 e. The molecule has 1 unspecified atom stereocenters. The molecule has 0 saturated carbocycles. The average molecular weight is 445 g/mol. The number of para-hydroxylation sites is 2. The lowest BCUT2D eigenvalue weighted by Crippen LogP contribution is -2.23. The van der Waals surface area contributed by atoms with Crippen molar-refractivity contribution < 1.29 is 28.6 Å². The van der Waals surface area contributed by atoms with Crippen LogP contribution in [0.4, 0.5) is 5.69 Å². The van der Waals surface area contributed by atoms with Crippen LogP contribution in [0.1, 0.15) is 44.9 Å². The lowest BCUT2D eigenvalue weighted by molar-refractivity contribution is -0.119. The van der Waals surface area contributed by atoms with Gasteiger partial charge in [0.05, 0.1) is 23.4 Å². The molecule has 7 nitrogen and oxygen atoms in total. The van der Waals surface area contributed by atoms with Gasteiger partial charge in [0.2, 0.25) is 0 Å². The molecule has 4 rings (SSSR count). The Kier molecular flexibility index (Phi) is 6.69. The molecule has 7 heteroatoms. The number of anilines is 1. The fourth-order valence-corrected chi connectivity index (χ4v) is 3.63. The summed E-state index contributed by atoms with van der Waals surface area (Å²) < 4.78 is 16.2. The standard InChI is InChI=1S/C26H23NO6/c1-2-31-22-11-7-6-10-21(22)27-24(28)16-32-25(29)18-12-13-20-19(14-18)15-23(33-26(20)30)17-8-4-3-5-9-17/h3-14,23H,2,15-16H2,1H3,(H,27,28). The number of nitrogens with one attached hydrogen (secondary N) is 1. The molecule has 0 radical (unpaired) electrons. The maximum Gasteiger partial charge on any atom is 0.339 e. The van der Waals surface area contributed by atoms with Gasteiger partial charge in [-0.3, -0.25) is 4.79 Å². The maximum absolute atomic E-state index is 12.5. The Bertz CT molecular complexity index is 1170. The summed E-state index contributed by atoms with van der Waals surface area (Å²) in [5, 5.41) is 2.68. The van der Waals surface area contributed by atoms with E-state index in [9.17, 15) is 14.4 Å². The van der Waals surface area contributed by atoms with Crippen LogP contribution in [0.2, 0.25) is 0 Å². The first kappa shape index (κ1) is 22.1. The zero-order valence-electron chi connectivity index (χ0n) is 18.1. The highest BCUT2D eigenvalue weighted by Crippen LogP contribution is 2.31. The van der Waals surface area contributed by atoms with E-state index < -0.39 is 30.6 Å². The molecule has 1 aliphatic heterocycles. The third-order valence-electron chi connectivity index (χ3n) is 5.18. The summed E-state index contributed by atoms with van der Waals surface area (Å²) in [7, 11) is 0. The molecule has 33 heavy (non-hydrogen) atoms. The normalized spacial score (nSPS) is 14.6. The molecule has 1 N–H and O–H groups in total. The van der Waals surface area contributed by atoms with E-state index in [0.29, 0.717) is 35.6 Å². The second-order valence-electron chi connectivity index (χ2n) is 7.43. The molecule has 1 aliphatic rings. The number of amides is 1. The van der Waals surface area contributed by atoms with Gasteiger partial charge in [0.15, 0.2) is 6.61 Å². The molecular weight excluding hydrogens is 422 g/mol. The third-order valence-corrected chi connectivity index (χ3v) is 5.18. The van der Waals surface area contributed by atoms with Gasteiger partial charge in [0, 0.05) is 6.42 Å². The van der Waals surface area contributed by atoms with Crippen molar-refractivity contribution in [3.63, 3.8) is 0 Å². The van der Waals surface area contributed by atoms with Crippen molar-refractivity contribution in [2.45, 2.75) is 19.4 Å². The molecule has 1 amide bonds. The summed E-state index contributed by atoms with van der Waals surface area (Å²) in [5.74, 6) is -1.03. The minimum atomic E-state index is -0.652. The predicted molar refractivity (Wildman–Crippen MR) is 121 cm³/mol. The molecule has 0 aliphatic carbocycles. The van der Waals surface area contributed by atoms with Gasteiger partial charge >= 0.3 is 11.9 Å². The molecule has 1 atom stereocenters. The van der Waals surface area contributed by atoms with Gasteiger partial charge in [-0.15, -0.1) is 0 Å². The van der Waals surface area contributed by atoms with Crippen molar-refractivity contribution in [3.05, 3.63) is 95.1 Å². The highest BCUT2D eigenvalue weighted by molar-refractivity contribution is 5.98. The number of benzene rings is 3. The van der Waals surface area contributed by atoms with Crippen molar-refractivity contribution >= 4 is 23.5 Å². The zero-order chi connectivity index (χ0) is 23.2. The summed E-state index contributed by atoms with van der Waals surface area (Å²) in [4.78, 5) is 37.2. The number of hydrogen-bond donors (Lipinski definition) is 1. The third kappa shape index (κ3) is 5.20. The van der Waals surface area contributed by atoms with E-state index in [1.54, 1.807) is 36.4 Å². The number of cyclic esters (lactones) is 1. The van der Waals surface area contributed by atoms with Crippen LogP contribution in [-0.4, -0.2) is 31.1 Å². The second-order valence-corrected chi connectivity index (χ2v) is 7.43. The highest BCUT2D eigenvalue weighted by atomic mass is 16.5. The molecule has 3 aromatic rings. The van der Waals surface area contributed by atoms with Crippen molar-refractivity contribution in [1.29, 1.82) is 0 Å². The van der Waals surface area contributed by atoms with Gasteiger partial charge in [0.25, 0.3) is 5.91 Å². The van der Waals surface area contributed by atoms with E-state index in [1.807, 2.05) is 37.3 Å². The SMILES string of the molecule is CCOc1ccccc1NC(=O)COC(=O)c1ccc2c(c1)CC(c1ccccc1)OC2=O. The summed E-state index contributed by atoms with van der Waals surface area (Å²) in [5.41, 5.74) is 2.76. The minimum absolute atomic E-state index is 0.262. The van der Waals surface area contributed by atoms with Gasteiger partial charge in [-0.1, -0.05) is 42.5 Å². The van der Waals surface area contributed by atoms with Crippen LogP contribution < -0.4 is 10.1 Å². The molecule has 168 valence electrons. The topological polar surface area (TPSA) is 90.9 Å². The van der Waals surface area contributed by atoms with Crippen LogP contribution in [0.3, 0.4) is 0 Å². The number of rotatable bonds is 7. The smallest absolute Gasteiger partial charge is 0.339 e. The number of ether oxygens (including phenoxy) is 3. The Morgan fingerprint density at radius 1 is 1.03 bits per heavy atom. The first-order valence-electron chi connectivity index (χ1n) is 10.6. The van der Waals surface area contributed by atoms with Gasteiger partial charge in [-0.25, -0.2) is 9.59 Å². The Morgan fingerprint density at radius 2 is 1.79 bits per heavy atom. The van der Waals surface area contributed by atoms with Crippen LogP contribution in [-0.2, 0) is 20.7 Å². The molecular formula is C26H23NO6. The van der Waals surface area contributed by atoms with E-state index in [2.05, 4.69) is 5.32 Å². The predicted octanol–water partition coefficient (Wildman–Crippen LogP) is 4.34.